The van der Waals surface area contributed by atoms with Crippen LogP contribution in [-0.2, 0) is 0 Å². The maximum absolute atomic E-state index is 8.30. The molecule has 0 saturated carbocycles. The number of nitrogens with zero attached hydrogens (tertiary/aromatic N) is 2. The largest absolute Gasteiger partial charge is 0.443 e. The second-order valence-corrected chi connectivity index (χ2v) is 2.67. The van der Waals surface area contributed by atoms with Gasteiger partial charge in [0.1, 0.15) is 5.52 Å². The molecule has 3 nitrogen and oxygen atoms in total. The summed E-state index contributed by atoms with van der Waals surface area (Å²) in [5, 5.41) is 8.30. The highest BCUT2D eigenvalue weighted by Gasteiger charge is 1.97. The minimum absolute atomic E-state index is 0.247. The van der Waals surface area contributed by atoms with E-state index in [0.29, 0.717) is 0 Å². The third-order valence-corrected chi connectivity index (χ3v) is 1.73. The third kappa shape index (κ3) is 1.57. The van der Waals surface area contributed by atoms with Gasteiger partial charge in [0, 0.05) is 5.56 Å². The Hall–Kier alpha value is -2.26. The minimum atomic E-state index is 0.247. The van der Waals surface area contributed by atoms with Gasteiger partial charge in [-0.25, -0.2) is 4.98 Å². The number of aromatic nitrogens is 1. The van der Waals surface area contributed by atoms with E-state index in [0.717, 1.165) is 16.7 Å². The van der Waals surface area contributed by atoms with E-state index in [1.54, 1.807) is 0 Å². The lowest BCUT2D eigenvalue weighted by Gasteiger charge is -1.88. The van der Waals surface area contributed by atoms with Gasteiger partial charge >= 0.3 is 0 Å². The normalized spacial score (nSPS) is 9.07. The predicted molar refractivity (Wildman–Crippen MR) is 51.1 cm³/mol. The van der Waals surface area contributed by atoms with Crippen molar-refractivity contribution < 1.29 is 4.42 Å². The molecule has 1 heterocycles. The molecule has 2 rings (SSSR count). The van der Waals surface area contributed by atoms with Gasteiger partial charge in [-0.15, -0.1) is 0 Å². The first-order valence-electron chi connectivity index (χ1n) is 4.09. The molecule has 3 heteroatoms. The van der Waals surface area contributed by atoms with Crippen LogP contribution in [0.25, 0.3) is 11.1 Å². The zero-order valence-electron chi connectivity index (χ0n) is 7.32. The molecule has 0 aliphatic heterocycles. The Bertz CT molecular complexity index is 552. The van der Waals surface area contributed by atoms with Crippen molar-refractivity contribution >= 4 is 11.1 Å². The van der Waals surface area contributed by atoms with Crippen LogP contribution in [0.15, 0.2) is 29.0 Å². The molecular formula is C11H6N2O. The molecule has 0 N–H and O–H groups in total. The molecule has 0 saturated heterocycles. The van der Waals surface area contributed by atoms with Crippen LogP contribution in [0.1, 0.15) is 12.0 Å². The number of fused-ring (bicyclic) bond motifs is 1. The van der Waals surface area contributed by atoms with E-state index in [1.807, 2.05) is 24.3 Å². The van der Waals surface area contributed by atoms with E-state index in [4.69, 9.17) is 9.68 Å². The van der Waals surface area contributed by atoms with Crippen LogP contribution in [0, 0.1) is 23.2 Å². The highest BCUT2D eigenvalue weighted by Crippen LogP contribution is 2.13. The monoisotopic (exact) mass is 182 g/mol. The molecule has 0 spiro atoms. The number of benzene rings is 1. The van der Waals surface area contributed by atoms with Crippen LogP contribution >= 0.6 is 0 Å². The Morgan fingerprint density at radius 1 is 1.43 bits per heavy atom. The first-order chi connectivity index (χ1) is 6.90. The molecule has 0 amide bonds. The molecule has 1 aromatic carbocycles. The Morgan fingerprint density at radius 3 is 3.21 bits per heavy atom. The lowest BCUT2D eigenvalue weighted by atomic mass is 10.2. The fourth-order valence-corrected chi connectivity index (χ4v) is 1.12. The van der Waals surface area contributed by atoms with Gasteiger partial charge in [0.05, 0.1) is 12.5 Å². The summed E-state index contributed by atoms with van der Waals surface area (Å²) in [5.74, 6) is 5.61. The van der Waals surface area contributed by atoms with Gasteiger partial charge in [-0.05, 0) is 18.2 Å². The molecule has 1 aromatic heterocycles. The van der Waals surface area contributed by atoms with E-state index in [1.165, 1.54) is 6.39 Å². The van der Waals surface area contributed by atoms with Crippen LogP contribution in [-0.4, -0.2) is 4.98 Å². The van der Waals surface area contributed by atoms with E-state index >= 15 is 0 Å². The van der Waals surface area contributed by atoms with Crippen LogP contribution in [0.3, 0.4) is 0 Å². The van der Waals surface area contributed by atoms with Crippen LogP contribution in [0.4, 0.5) is 0 Å². The number of hydrogen-bond acceptors (Lipinski definition) is 3. The van der Waals surface area contributed by atoms with Gasteiger partial charge in [0.15, 0.2) is 12.0 Å². The van der Waals surface area contributed by atoms with Crippen LogP contribution in [0.5, 0.6) is 0 Å². The average Bonchev–Trinajstić information content (AvgIpc) is 2.65. The molecule has 66 valence electrons. The zero-order chi connectivity index (χ0) is 9.80. The average molecular weight is 182 g/mol. The highest BCUT2D eigenvalue weighted by molar-refractivity contribution is 5.73. The topological polar surface area (TPSA) is 49.8 Å². The summed E-state index contributed by atoms with van der Waals surface area (Å²) in [4.78, 5) is 4.01. The van der Waals surface area contributed by atoms with Crippen molar-refractivity contribution in [1.82, 2.24) is 4.98 Å². The van der Waals surface area contributed by atoms with Gasteiger partial charge in [-0.2, -0.15) is 5.26 Å². The first kappa shape index (κ1) is 8.34. The van der Waals surface area contributed by atoms with Gasteiger partial charge in [-0.3, -0.25) is 0 Å². The van der Waals surface area contributed by atoms with E-state index in [2.05, 4.69) is 16.8 Å². The summed E-state index contributed by atoms with van der Waals surface area (Å²) in [6, 6.07) is 7.46. The number of nitriles is 1. The van der Waals surface area contributed by atoms with Crippen molar-refractivity contribution in [3.05, 3.63) is 30.2 Å². The summed E-state index contributed by atoms with van der Waals surface area (Å²) in [5.41, 5.74) is 2.38. The molecule has 2 aromatic rings. The molecule has 0 unspecified atom stereocenters. The maximum atomic E-state index is 8.30. The molecule has 0 fully saturated rings. The Morgan fingerprint density at radius 2 is 2.36 bits per heavy atom. The van der Waals surface area contributed by atoms with Crippen molar-refractivity contribution in [2.45, 2.75) is 6.42 Å². The number of rotatable bonds is 0. The van der Waals surface area contributed by atoms with Gasteiger partial charge in [0.2, 0.25) is 0 Å². The molecule has 0 radical (unpaired) electrons. The number of hydrogen-bond donors (Lipinski definition) is 0. The molecule has 0 bridgehead atoms. The van der Waals surface area contributed by atoms with E-state index < -0.39 is 0 Å². The lowest BCUT2D eigenvalue weighted by Crippen LogP contribution is -1.74. The van der Waals surface area contributed by atoms with Crippen molar-refractivity contribution in [3.63, 3.8) is 0 Å². The second-order valence-electron chi connectivity index (χ2n) is 2.67. The Kier molecular flexibility index (Phi) is 2.17. The molecule has 0 aliphatic rings. The number of oxazole rings is 1. The Balaban J connectivity index is 2.37. The van der Waals surface area contributed by atoms with E-state index in [-0.39, 0.29) is 6.42 Å². The van der Waals surface area contributed by atoms with Crippen molar-refractivity contribution in [3.8, 4) is 17.9 Å². The third-order valence-electron chi connectivity index (χ3n) is 1.73. The second kappa shape index (κ2) is 3.64. The quantitative estimate of drug-likeness (QED) is 0.586. The summed E-state index contributed by atoms with van der Waals surface area (Å²) >= 11 is 0. The van der Waals surface area contributed by atoms with Crippen LogP contribution < -0.4 is 0 Å². The van der Waals surface area contributed by atoms with Gasteiger partial charge in [-0.1, -0.05) is 11.8 Å². The minimum Gasteiger partial charge on any atom is -0.443 e. The van der Waals surface area contributed by atoms with Gasteiger partial charge in [0.25, 0.3) is 0 Å². The fourth-order valence-electron chi connectivity index (χ4n) is 1.12. The fraction of sp³-hybridized carbons (Fsp3) is 0.0909. The predicted octanol–water partition coefficient (Wildman–Crippen LogP) is 2.09. The molecule has 0 atom stereocenters. The maximum Gasteiger partial charge on any atom is 0.181 e. The Labute approximate surface area is 81.0 Å². The van der Waals surface area contributed by atoms with Gasteiger partial charge < -0.3 is 4.42 Å². The summed E-state index contributed by atoms with van der Waals surface area (Å²) in [7, 11) is 0. The zero-order valence-corrected chi connectivity index (χ0v) is 7.32. The molecule has 0 aliphatic carbocycles. The summed E-state index contributed by atoms with van der Waals surface area (Å²) < 4.78 is 5.09. The molecule has 14 heavy (non-hydrogen) atoms. The first-order valence-corrected chi connectivity index (χ1v) is 4.09. The standard InChI is InChI=1S/C11H6N2O/c12-6-2-1-3-9-4-5-11-10(7-9)13-8-14-11/h4-5,7-8H,2H2. The summed E-state index contributed by atoms with van der Waals surface area (Å²) in [6.07, 6.45) is 1.65. The molecular weight excluding hydrogens is 176 g/mol. The van der Waals surface area contributed by atoms with E-state index in [9.17, 15) is 0 Å². The smallest absolute Gasteiger partial charge is 0.181 e. The van der Waals surface area contributed by atoms with Crippen molar-refractivity contribution in [2.24, 2.45) is 0 Å². The summed E-state index contributed by atoms with van der Waals surface area (Å²) in [6.45, 7) is 0. The van der Waals surface area contributed by atoms with Crippen molar-refractivity contribution in [1.29, 1.82) is 5.26 Å². The lowest BCUT2D eigenvalue weighted by molar-refractivity contribution is 0.602. The van der Waals surface area contributed by atoms with Crippen molar-refractivity contribution in [2.75, 3.05) is 0 Å². The highest BCUT2D eigenvalue weighted by atomic mass is 16.3. The van der Waals surface area contributed by atoms with Crippen LogP contribution in [0.2, 0.25) is 0 Å². The SMILES string of the molecule is N#CCC#Cc1ccc2ocnc2c1.